The highest BCUT2D eigenvalue weighted by Crippen LogP contribution is 2.43. The van der Waals surface area contributed by atoms with Crippen LogP contribution in [-0.4, -0.2) is 4.57 Å². The maximum atomic E-state index is 6.50. The smallest absolute Gasteiger partial charge is 0.143 e. The van der Waals surface area contributed by atoms with E-state index in [2.05, 4.69) is 204 Å². The molecule has 2 aromatic heterocycles. The van der Waals surface area contributed by atoms with Gasteiger partial charge in [-0.25, -0.2) is 0 Å². The number of furan rings is 1. The van der Waals surface area contributed by atoms with E-state index in [0.29, 0.717) is 0 Å². The summed E-state index contributed by atoms with van der Waals surface area (Å²) in [6.07, 6.45) is 0. The number of anilines is 3. The molecule has 0 aliphatic heterocycles. The van der Waals surface area contributed by atoms with Gasteiger partial charge in [0.2, 0.25) is 0 Å². The van der Waals surface area contributed by atoms with Crippen molar-refractivity contribution in [3.05, 3.63) is 206 Å². The van der Waals surface area contributed by atoms with Crippen LogP contribution >= 0.6 is 0 Å². The highest BCUT2D eigenvalue weighted by Gasteiger charge is 2.19. The summed E-state index contributed by atoms with van der Waals surface area (Å²) in [5, 5.41) is 7.05. The molecule has 0 aliphatic carbocycles. The van der Waals surface area contributed by atoms with Gasteiger partial charge in [0.1, 0.15) is 11.2 Å². The number of hydrogen-bond acceptors (Lipinski definition) is 2. The molecule has 258 valence electrons. The van der Waals surface area contributed by atoms with E-state index in [1.165, 1.54) is 32.9 Å². The Hall–Kier alpha value is -7.36. The van der Waals surface area contributed by atoms with E-state index >= 15 is 0 Å². The third kappa shape index (κ3) is 5.13. The minimum Gasteiger partial charge on any atom is -0.455 e. The van der Waals surface area contributed by atoms with Crippen molar-refractivity contribution in [1.29, 1.82) is 0 Å². The number of hydrogen-bond donors (Lipinski definition) is 0. The Balaban J connectivity index is 1.08. The highest BCUT2D eigenvalue weighted by atomic mass is 16.3. The predicted molar refractivity (Wildman–Crippen MR) is 231 cm³/mol. The molecule has 0 amide bonds. The molecule has 11 aromatic rings. The Morgan fingerprint density at radius 2 is 0.945 bits per heavy atom. The van der Waals surface area contributed by atoms with Crippen LogP contribution in [0.5, 0.6) is 0 Å². The molecule has 9 aromatic carbocycles. The van der Waals surface area contributed by atoms with Crippen molar-refractivity contribution in [1.82, 2.24) is 4.57 Å². The number of rotatable bonds is 6. The van der Waals surface area contributed by atoms with Gasteiger partial charge in [-0.1, -0.05) is 133 Å². The summed E-state index contributed by atoms with van der Waals surface area (Å²) in [7, 11) is 0. The minimum atomic E-state index is 0.908. The molecule has 3 nitrogen and oxygen atoms in total. The number of fused-ring (bicyclic) bond motifs is 8. The normalized spacial score (nSPS) is 11.6. The van der Waals surface area contributed by atoms with Crippen LogP contribution in [0.3, 0.4) is 0 Å². The van der Waals surface area contributed by atoms with E-state index in [1.807, 2.05) is 12.1 Å². The first-order valence-corrected chi connectivity index (χ1v) is 18.8. The van der Waals surface area contributed by atoms with Gasteiger partial charge < -0.3 is 13.9 Å². The van der Waals surface area contributed by atoms with E-state index in [-0.39, 0.29) is 0 Å². The Kier molecular flexibility index (Phi) is 7.17. The van der Waals surface area contributed by atoms with Crippen molar-refractivity contribution in [2.45, 2.75) is 0 Å². The van der Waals surface area contributed by atoms with Crippen molar-refractivity contribution in [2.24, 2.45) is 0 Å². The average molecular weight is 703 g/mol. The monoisotopic (exact) mass is 702 g/mol. The van der Waals surface area contributed by atoms with Gasteiger partial charge in [-0.15, -0.1) is 0 Å². The van der Waals surface area contributed by atoms with Crippen LogP contribution in [-0.2, 0) is 0 Å². The Bertz CT molecular complexity index is 3140. The van der Waals surface area contributed by atoms with Gasteiger partial charge in [0.05, 0.1) is 16.7 Å². The molecule has 2 heterocycles. The fourth-order valence-electron chi connectivity index (χ4n) is 8.39. The lowest BCUT2D eigenvalue weighted by Gasteiger charge is -2.28. The van der Waals surface area contributed by atoms with Crippen LogP contribution in [0.1, 0.15) is 0 Å². The van der Waals surface area contributed by atoms with Crippen LogP contribution in [0.25, 0.3) is 82.5 Å². The lowest BCUT2D eigenvalue weighted by Crippen LogP contribution is -2.11. The first-order chi connectivity index (χ1) is 27.3. The molecule has 3 heteroatoms. The summed E-state index contributed by atoms with van der Waals surface area (Å²) in [5.41, 5.74) is 13.2. The zero-order valence-corrected chi connectivity index (χ0v) is 29.9. The second-order valence-corrected chi connectivity index (χ2v) is 14.1. The summed E-state index contributed by atoms with van der Waals surface area (Å²) in [6, 6.07) is 74.0. The van der Waals surface area contributed by atoms with Gasteiger partial charge >= 0.3 is 0 Å². The standard InChI is InChI=1S/C52H34N2O/c1-2-12-35(13-3-1)36-24-27-39(28-25-36)53(40-29-31-41(32-30-40)54-49-19-9-5-15-43(49)44-16-6-10-20-50(44)54)48-18-8-4-14-42(48)38-23-22-37-26-33-46-45-17-7-11-21-51(45)55-52(46)47(37)34-38/h1-34H. The van der Waals surface area contributed by atoms with Crippen LogP contribution in [0.4, 0.5) is 17.1 Å². The van der Waals surface area contributed by atoms with Crippen molar-refractivity contribution in [3.63, 3.8) is 0 Å². The van der Waals surface area contributed by atoms with E-state index in [4.69, 9.17) is 4.42 Å². The molecule has 0 spiro atoms. The molecule has 0 saturated carbocycles. The average Bonchev–Trinajstić information content (AvgIpc) is 3.81. The molecule has 0 atom stereocenters. The first kappa shape index (κ1) is 31.2. The topological polar surface area (TPSA) is 21.3 Å². The van der Waals surface area contributed by atoms with Gasteiger partial charge in [-0.3, -0.25) is 0 Å². The van der Waals surface area contributed by atoms with Crippen LogP contribution in [0, 0.1) is 0 Å². The van der Waals surface area contributed by atoms with Crippen LogP contribution in [0.15, 0.2) is 211 Å². The second kappa shape index (κ2) is 12.6. The maximum absolute atomic E-state index is 6.50. The fraction of sp³-hybridized carbons (Fsp3) is 0. The third-order valence-corrected chi connectivity index (χ3v) is 11.0. The summed E-state index contributed by atoms with van der Waals surface area (Å²) in [4.78, 5) is 2.38. The van der Waals surface area contributed by atoms with Gasteiger partial charge in [-0.05, 0) is 94.9 Å². The molecule has 0 aliphatic rings. The van der Waals surface area contributed by atoms with Crippen molar-refractivity contribution in [2.75, 3.05) is 4.90 Å². The molecule has 0 bridgehead atoms. The van der Waals surface area contributed by atoms with E-state index < -0.39 is 0 Å². The first-order valence-electron chi connectivity index (χ1n) is 18.8. The Morgan fingerprint density at radius 1 is 0.382 bits per heavy atom. The molecule has 0 unspecified atom stereocenters. The third-order valence-electron chi connectivity index (χ3n) is 11.0. The zero-order chi connectivity index (χ0) is 36.3. The van der Waals surface area contributed by atoms with E-state index in [9.17, 15) is 0 Å². The molecular formula is C52H34N2O. The number of para-hydroxylation sites is 4. The molecule has 0 saturated heterocycles. The fourth-order valence-corrected chi connectivity index (χ4v) is 8.39. The lowest BCUT2D eigenvalue weighted by molar-refractivity contribution is 0.672. The summed E-state index contributed by atoms with van der Waals surface area (Å²) in [5.74, 6) is 0. The molecular weight excluding hydrogens is 669 g/mol. The molecule has 55 heavy (non-hydrogen) atoms. The molecule has 0 fully saturated rings. The van der Waals surface area contributed by atoms with Crippen molar-refractivity contribution >= 4 is 71.6 Å². The summed E-state index contributed by atoms with van der Waals surface area (Å²) in [6.45, 7) is 0. The Morgan fingerprint density at radius 3 is 1.69 bits per heavy atom. The van der Waals surface area contributed by atoms with Gasteiger partial charge in [0.25, 0.3) is 0 Å². The highest BCUT2D eigenvalue weighted by molar-refractivity contribution is 6.16. The van der Waals surface area contributed by atoms with Gasteiger partial charge in [-0.2, -0.15) is 0 Å². The van der Waals surface area contributed by atoms with Gasteiger partial charge in [0, 0.05) is 49.6 Å². The van der Waals surface area contributed by atoms with Crippen LogP contribution < -0.4 is 4.90 Å². The molecule has 11 rings (SSSR count). The van der Waals surface area contributed by atoms with Crippen molar-refractivity contribution in [3.8, 4) is 27.9 Å². The van der Waals surface area contributed by atoms with Gasteiger partial charge in [0.15, 0.2) is 0 Å². The number of benzene rings is 9. The van der Waals surface area contributed by atoms with Crippen molar-refractivity contribution < 1.29 is 4.42 Å². The lowest BCUT2D eigenvalue weighted by atomic mass is 9.97. The zero-order valence-electron chi connectivity index (χ0n) is 29.9. The molecule has 0 N–H and O–H groups in total. The maximum Gasteiger partial charge on any atom is 0.143 e. The predicted octanol–water partition coefficient (Wildman–Crippen LogP) is 14.6. The largest absolute Gasteiger partial charge is 0.455 e. The second-order valence-electron chi connectivity index (χ2n) is 14.1. The van der Waals surface area contributed by atoms with E-state index in [0.717, 1.165) is 66.6 Å². The SMILES string of the molecule is c1ccc(-c2ccc(N(c3ccc(-n4c5ccccc5c5ccccc54)cc3)c3ccccc3-c3ccc4ccc5c6ccccc6oc5c4c3)cc2)cc1. The van der Waals surface area contributed by atoms with E-state index in [1.54, 1.807) is 0 Å². The number of aromatic nitrogens is 1. The minimum absolute atomic E-state index is 0.908. The summed E-state index contributed by atoms with van der Waals surface area (Å²) < 4.78 is 8.87. The molecule has 0 radical (unpaired) electrons. The summed E-state index contributed by atoms with van der Waals surface area (Å²) >= 11 is 0. The number of nitrogens with zero attached hydrogens (tertiary/aromatic N) is 2. The van der Waals surface area contributed by atoms with Crippen LogP contribution in [0.2, 0.25) is 0 Å². The quantitative estimate of drug-likeness (QED) is 0.172. The Labute approximate surface area is 318 Å².